The molecule has 23 heavy (non-hydrogen) atoms. The Bertz CT molecular complexity index is 775. The highest BCUT2D eigenvalue weighted by molar-refractivity contribution is 8.00. The molecule has 0 amide bonds. The van der Waals surface area contributed by atoms with E-state index in [0.29, 0.717) is 23.0 Å². The average molecular weight is 349 g/mol. The summed E-state index contributed by atoms with van der Waals surface area (Å²) in [5.74, 6) is 0.0508. The number of rotatable bonds is 6. The van der Waals surface area contributed by atoms with Gasteiger partial charge in [0.05, 0.1) is 0 Å². The molecule has 3 nitrogen and oxygen atoms in total. The fourth-order valence-corrected chi connectivity index (χ4v) is 3.61. The van der Waals surface area contributed by atoms with Gasteiger partial charge >= 0.3 is 0 Å². The van der Waals surface area contributed by atoms with Gasteiger partial charge in [-0.05, 0) is 29.3 Å². The van der Waals surface area contributed by atoms with Crippen molar-refractivity contribution in [3.8, 4) is 0 Å². The highest BCUT2D eigenvalue weighted by Crippen LogP contribution is 2.29. The summed E-state index contributed by atoms with van der Waals surface area (Å²) in [5, 5.41) is 12.0. The van der Waals surface area contributed by atoms with Gasteiger partial charge < -0.3 is 5.32 Å². The van der Waals surface area contributed by atoms with Gasteiger partial charge in [0.15, 0.2) is 4.34 Å². The van der Waals surface area contributed by atoms with Gasteiger partial charge in [-0.3, -0.25) is 0 Å². The second kappa shape index (κ2) is 7.52. The van der Waals surface area contributed by atoms with E-state index in [4.69, 9.17) is 0 Å². The van der Waals surface area contributed by atoms with Crippen LogP contribution in [-0.4, -0.2) is 10.2 Å². The first-order valence-corrected chi connectivity index (χ1v) is 8.69. The maximum absolute atomic E-state index is 13.5. The Balaban J connectivity index is 1.53. The molecule has 0 aliphatic heterocycles. The lowest BCUT2D eigenvalue weighted by Crippen LogP contribution is -1.98. The first-order chi connectivity index (χ1) is 11.2. The lowest BCUT2D eigenvalue weighted by molar-refractivity contribution is 0.617. The summed E-state index contributed by atoms with van der Waals surface area (Å²) in [6, 6.07) is 13.0. The number of hydrogen-bond donors (Lipinski definition) is 1. The second-order valence-electron chi connectivity index (χ2n) is 4.73. The summed E-state index contributed by atoms with van der Waals surface area (Å²) >= 11 is 2.86. The molecule has 0 unspecified atom stereocenters. The Morgan fingerprint density at radius 2 is 1.78 bits per heavy atom. The lowest BCUT2D eigenvalue weighted by atomic mass is 10.2. The molecule has 7 heteroatoms. The molecule has 2 aromatic carbocycles. The van der Waals surface area contributed by atoms with E-state index in [-0.39, 0.29) is 11.6 Å². The third kappa shape index (κ3) is 4.49. The van der Waals surface area contributed by atoms with Crippen LogP contribution in [-0.2, 0) is 12.3 Å². The van der Waals surface area contributed by atoms with E-state index in [2.05, 4.69) is 15.5 Å². The Morgan fingerprint density at radius 3 is 2.57 bits per heavy atom. The maximum atomic E-state index is 13.5. The standard InChI is InChI=1S/C16H13F2N3S2/c17-13-7-5-11(6-8-13)9-19-15-20-21-16(23-15)22-10-12-3-1-2-4-14(12)18/h1-8H,9-10H2,(H,19,20). The minimum absolute atomic E-state index is 0.209. The molecule has 0 atom stereocenters. The summed E-state index contributed by atoms with van der Waals surface area (Å²) in [6.45, 7) is 0.549. The van der Waals surface area contributed by atoms with Gasteiger partial charge in [-0.2, -0.15) is 0 Å². The molecule has 0 bridgehead atoms. The molecule has 3 aromatic rings. The molecule has 1 heterocycles. The molecule has 1 aromatic heterocycles. The molecule has 0 saturated carbocycles. The van der Waals surface area contributed by atoms with Gasteiger partial charge in [0.2, 0.25) is 5.13 Å². The van der Waals surface area contributed by atoms with Crippen LogP contribution in [0.4, 0.5) is 13.9 Å². The fourth-order valence-electron chi connectivity index (χ4n) is 1.87. The zero-order valence-corrected chi connectivity index (χ0v) is 13.6. The molecule has 0 radical (unpaired) electrons. The molecule has 0 saturated heterocycles. The molecule has 0 aliphatic carbocycles. The van der Waals surface area contributed by atoms with Crippen molar-refractivity contribution < 1.29 is 8.78 Å². The third-order valence-corrected chi connectivity index (χ3v) is 5.14. The van der Waals surface area contributed by atoms with Crippen molar-refractivity contribution in [1.29, 1.82) is 0 Å². The number of thioether (sulfide) groups is 1. The van der Waals surface area contributed by atoms with E-state index in [9.17, 15) is 8.78 Å². The van der Waals surface area contributed by atoms with Gasteiger partial charge in [0, 0.05) is 12.3 Å². The van der Waals surface area contributed by atoms with Crippen molar-refractivity contribution in [1.82, 2.24) is 10.2 Å². The summed E-state index contributed by atoms with van der Waals surface area (Å²) in [5.41, 5.74) is 1.61. The number of nitrogens with zero attached hydrogens (tertiary/aromatic N) is 2. The molecule has 0 aliphatic rings. The van der Waals surface area contributed by atoms with E-state index in [1.165, 1.54) is 41.3 Å². The normalized spacial score (nSPS) is 10.7. The van der Waals surface area contributed by atoms with Crippen LogP contribution in [0.1, 0.15) is 11.1 Å². The third-order valence-electron chi connectivity index (χ3n) is 3.07. The van der Waals surface area contributed by atoms with Gasteiger partial charge in [0.25, 0.3) is 0 Å². The van der Waals surface area contributed by atoms with Crippen LogP contribution in [0.15, 0.2) is 52.9 Å². The zero-order valence-electron chi connectivity index (χ0n) is 12.0. The van der Waals surface area contributed by atoms with Gasteiger partial charge in [0.1, 0.15) is 11.6 Å². The van der Waals surface area contributed by atoms with E-state index in [1.54, 1.807) is 24.3 Å². The van der Waals surface area contributed by atoms with Crippen molar-refractivity contribution in [2.75, 3.05) is 5.32 Å². The molecule has 0 fully saturated rings. The maximum Gasteiger partial charge on any atom is 0.206 e. The molecule has 3 rings (SSSR count). The molecule has 118 valence electrons. The van der Waals surface area contributed by atoms with Gasteiger partial charge in [-0.1, -0.05) is 53.4 Å². The summed E-state index contributed by atoms with van der Waals surface area (Å²) in [7, 11) is 0. The van der Waals surface area contributed by atoms with E-state index in [1.807, 2.05) is 6.07 Å². The van der Waals surface area contributed by atoms with Crippen molar-refractivity contribution >= 4 is 28.2 Å². The SMILES string of the molecule is Fc1ccc(CNc2nnc(SCc3ccccc3F)s2)cc1. The van der Waals surface area contributed by atoms with Crippen molar-refractivity contribution in [2.24, 2.45) is 0 Å². The van der Waals surface area contributed by atoms with E-state index in [0.717, 1.165) is 9.90 Å². The monoisotopic (exact) mass is 349 g/mol. The highest BCUT2D eigenvalue weighted by atomic mass is 32.2. The Hall–Kier alpha value is -1.99. The first kappa shape index (κ1) is 15.9. The number of nitrogens with one attached hydrogen (secondary N) is 1. The quantitative estimate of drug-likeness (QED) is 0.654. The summed E-state index contributed by atoms with van der Waals surface area (Å²) in [4.78, 5) is 0. The fraction of sp³-hybridized carbons (Fsp3) is 0.125. The Morgan fingerprint density at radius 1 is 1.00 bits per heavy atom. The lowest BCUT2D eigenvalue weighted by Gasteiger charge is -2.01. The van der Waals surface area contributed by atoms with Crippen molar-refractivity contribution in [2.45, 2.75) is 16.6 Å². The Labute approximate surface area is 140 Å². The minimum Gasteiger partial charge on any atom is -0.356 e. The van der Waals surface area contributed by atoms with Crippen LogP contribution in [0.2, 0.25) is 0 Å². The predicted molar refractivity (Wildman–Crippen MR) is 89.6 cm³/mol. The summed E-state index contributed by atoms with van der Waals surface area (Å²) < 4.78 is 27.2. The Kier molecular flexibility index (Phi) is 5.19. The number of anilines is 1. The smallest absolute Gasteiger partial charge is 0.206 e. The van der Waals surface area contributed by atoms with Crippen LogP contribution in [0.5, 0.6) is 0 Å². The van der Waals surface area contributed by atoms with Crippen LogP contribution < -0.4 is 5.32 Å². The number of halogens is 2. The van der Waals surface area contributed by atoms with Crippen molar-refractivity contribution in [3.63, 3.8) is 0 Å². The van der Waals surface area contributed by atoms with Crippen molar-refractivity contribution in [3.05, 3.63) is 71.3 Å². The van der Waals surface area contributed by atoms with E-state index >= 15 is 0 Å². The van der Waals surface area contributed by atoms with Gasteiger partial charge in [-0.15, -0.1) is 10.2 Å². The van der Waals surface area contributed by atoms with Gasteiger partial charge in [-0.25, -0.2) is 8.78 Å². The summed E-state index contributed by atoms with van der Waals surface area (Å²) in [6.07, 6.45) is 0. The number of benzene rings is 2. The van der Waals surface area contributed by atoms with Crippen LogP contribution in [0.3, 0.4) is 0 Å². The molecule has 1 N–H and O–H groups in total. The largest absolute Gasteiger partial charge is 0.356 e. The zero-order chi connectivity index (χ0) is 16.1. The first-order valence-electron chi connectivity index (χ1n) is 6.89. The van der Waals surface area contributed by atoms with Crippen LogP contribution >= 0.6 is 23.1 Å². The predicted octanol–water partition coefficient (Wildman–Crippen LogP) is 4.72. The minimum atomic E-state index is -0.253. The van der Waals surface area contributed by atoms with Crippen LogP contribution in [0, 0.1) is 11.6 Å². The molecular weight excluding hydrogens is 336 g/mol. The molecular formula is C16H13F2N3S2. The van der Waals surface area contributed by atoms with E-state index < -0.39 is 0 Å². The van der Waals surface area contributed by atoms with Crippen LogP contribution in [0.25, 0.3) is 0 Å². The second-order valence-corrected chi connectivity index (χ2v) is 6.93. The number of hydrogen-bond acceptors (Lipinski definition) is 5. The number of aromatic nitrogens is 2. The molecule has 0 spiro atoms. The average Bonchev–Trinajstić information content (AvgIpc) is 3.02. The highest BCUT2D eigenvalue weighted by Gasteiger charge is 2.07. The topological polar surface area (TPSA) is 37.8 Å².